The van der Waals surface area contributed by atoms with Gasteiger partial charge in [0.2, 0.25) is 0 Å². The zero-order valence-corrected chi connectivity index (χ0v) is 8.33. The Kier molecular flexibility index (Phi) is 3.77. The minimum Gasteiger partial charge on any atom is -0.508 e. The zero-order valence-electron chi connectivity index (χ0n) is 8.33. The average Bonchev–Trinajstić information content (AvgIpc) is 2.17. The van der Waals surface area contributed by atoms with Crippen LogP contribution in [-0.4, -0.2) is 23.1 Å². The standard InChI is InChI=1S/C11H17NO/c1-3-12(4-2)9-10-5-7-11(13)8-6-10/h5-8,13H,3-4,9H2,1-2H3. The van der Waals surface area contributed by atoms with Crippen molar-refractivity contribution in [3.8, 4) is 5.75 Å². The summed E-state index contributed by atoms with van der Waals surface area (Å²) < 4.78 is 0. The molecule has 1 rings (SSSR count). The van der Waals surface area contributed by atoms with Gasteiger partial charge in [0.1, 0.15) is 5.75 Å². The molecule has 1 N–H and O–H groups in total. The highest BCUT2D eigenvalue weighted by molar-refractivity contribution is 5.25. The van der Waals surface area contributed by atoms with Crippen LogP contribution >= 0.6 is 0 Å². The van der Waals surface area contributed by atoms with Crippen molar-refractivity contribution in [3.05, 3.63) is 29.8 Å². The molecule has 0 heterocycles. The van der Waals surface area contributed by atoms with Gasteiger partial charge in [0.25, 0.3) is 0 Å². The van der Waals surface area contributed by atoms with Crippen LogP contribution in [0.1, 0.15) is 19.4 Å². The number of aromatic hydroxyl groups is 1. The lowest BCUT2D eigenvalue weighted by atomic mass is 10.2. The van der Waals surface area contributed by atoms with Crippen molar-refractivity contribution in [3.63, 3.8) is 0 Å². The first-order chi connectivity index (χ1) is 6.26. The second kappa shape index (κ2) is 4.87. The molecule has 0 amide bonds. The molecule has 0 bridgehead atoms. The molecule has 2 heteroatoms. The molecule has 13 heavy (non-hydrogen) atoms. The van der Waals surface area contributed by atoms with Gasteiger partial charge in [-0.25, -0.2) is 0 Å². The quantitative estimate of drug-likeness (QED) is 0.766. The molecule has 1 aromatic rings. The molecule has 0 radical (unpaired) electrons. The molecule has 0 aliphatic rings. The predicted molar refractivity (Wildman–Crippen MR) is 54.7 cm³/mol. The van der Waals surface area contributed by atoms with Crippen molar-refractivity contribution >= 4 is 0 Å². The molecule has 0 saturated carbocycles. The summed E-state index contributed by atoms with van der Waals surface area (Å²) in [5.41, 5.74) is 1.25. The van der Waals surface area contributed by atoms with Crippen LogP contribution in [0.15, 0.2) is 24.3 Å². The molecule has 0 fully saturated rings. The fraction of sp³-hybridized carbons (Fsp3) is 0.455. The van der Waals surface area contributed by atoms with Crippen molar-refractivity contribution in [2.45, 2.75) is 20.4 Å². The summed E-state index contributed by atoms with van der Waals surface area (Å²) in [5, 5.41) is 9.09. The van der Waals surface area contributed by atoms with E-state index < -0.39 is 0 Å². The normalized spacial score (nSPS) is 10.7. The number of benzene rings is 1. The lowest BCUT2D eigenvalue weighted by Crippen LogP contribution is -2.21. The second-order valence-corrected chi connectivity index (χ2v) is 3.13. The Morgan fingerprint density at radius 3 is 2.08 bits per heavy atom. The Balaban J connectivity index is 2.58. The largest absolute Gasteiger partial charge is 0.508 e. The lowest BCUT2D eigenvalue weighted by molar-refractivity contribution is 0.296. The fourth-order valence-corrected chi connectivity index (χ4v) is 1.31. The summed E-state index contributed by atoms with van der Waals surface area (Å²) in [6, 6.07) is 7.40. The maximum Gasteiger partial charge on any atom is 0.115 e. The van der Waals surface area contributed by atoms with Gasteiger partial charge >= 0.3 is 0 Å². The van der Waals surface area contributed by atoms with E-state index in [2.05, 4.69) is 18.7 Å². The number of hydrogen-bond donors (Lipinski definition) is 1. The molecule has 0 aliphatic carbocycles. The molecule has 1 aromatic carbocycles. The zero-order chi connectivity index (χ0) is 9.68. The van der Waals surface area contributed by atoms with E-state index in [4.69, 9.17) is 5.11 Å². The van der Waals surface area contributed by atoms with Crippen molar-refractivity contribution in [2.24, 2.45) is 0 Å². The summed E-state index contributed by atoms with van der Waals surface area (Å²) in [4.78, 5) is 2.34. The van der Waals surface area contributed by atoms with Gasteiger partial charge in [0.15, 0.2) is 0 Å². The summed E-state index contributed by atoms with van der Waals surface area (Å²) in [5.74, 6) is 0.336. The highest BCUT2D eigenvalue weighted by atomic mass is 16.3. The van der Waals surface area contributed by atoms with E-state index in [1.54, 1.807) is 12.1 Å². The number of rotatable bonds is 4. The first kappa shape index (κ1) is 10.1. The Bertz CT molecular complexity index is 239. The molecule has 2 nitrogen and oxygen atoms in total. The van der Waals surface area contributed by atoms with Crippen LogP contribution < -0.4 is 0 Å². The number of phenols is 1. The van der Waals surface area contributed by atoms with E-state index in [1.807, 2.05) is 12.1 Å². The maximum atomic E-state index is 9.09. The predicted octanol–water partition coefficient (Wildman–Crippen LogP) is 2.23. The van der Waals surface area contributed by atoms with Crippen LogP contribution in [-0.2, 0) is 6.54 Å². The SMILES string of the molecule is CCN(CC)Cc1ccc(O)cc1. The summed E-state index contributed by atoms with van der Waals surface area (Å²) in [6.45, 7) is 7.41. The fourth-order valence-electron chi connectivity index (χ4n) is 1.31. The smallest absolute Gasteiger partial charge is 0.115 e. The van der Waals surface area contributed by atoms with Crippen molar-refractivity contribution < 1.29 is 5.11 Å². The van der Waals surface area contributed by atoms with Gasteiger partial charge in [-0.1, -0.05) is 26.0 Å². The highest BCUT2D eigenvalue weighted by Gasteiger charge is 1.99. The van der Waals surface area contributed by atoms with E-state index in [0.717, 1.165) is 19.6 Å². The number of hydrogen-bond acceptors (Lipinski definition) is 2. The van der Waals surface area contributed by atoms with Crippen LogP contribution in [0.2, 0.25) is 0 Å². The van der Waals surface area contributed by atoms with Crippen LogP contribution in [0.4, 0.5) is 0 Å². The second-order valence-electron chi connectivity index (χ2n) is 3.13. The monoisotopic (exact) mass is 179 g/mol. The van der Waals surface area contributed by atoms with Gasteiger partial charge in [-0.05, 0) is 30.8 Å². The minimum absolute atomic E-state index is 0.336. The number of phenolic OH excluding ortho intramolecular Hbond substituents is 1. The number of nitrogens with zero attached hydrogens (tertiary/aromatic N) is 1. The molecule has 0 atom stereocenters. The Morgan fingerprint density at radius 1 is 1.08 bits per heavy atom. The minimum atomic E-state index is 0.336. The van der Waals surface area contributed by atoms with Gasteiger partial charge in [-0.2, -0.15) is 0 Å². The molecule has 0 unspecified atom stereocenters. The summed E-state index contributed by atoms with van der Waals surface area (Å²) >= 11 is 0. The van der Waals surface area contributed by atoms with Crippen molar-refractivity contribution in [2.75, 3.05) is 13.1 Å². The van der Waals surface area contributed by atoms with E-state index >= 15 is 0 Å². The van der Waals surface area contributed by atoms with Gasteiger partial charge in [-0.3, -0.25) is 4.90 Å². The van der Waals surface area contributed by atoms with E-state index in [9.17, 15) is 0 Å². The van der Waals surface area contributed by atoms with Gasteiger partial charge < -0.3 is 5.11 Å². The van der Waals surface area contributed by atoms with Crippen LogP contribution in [0.3, 0.4) is 0 Å². The van der Waals surface area contributed by atoms with Gasteiger partial charge in [0, 0.05) is 6.54 Å². The third-order valence-electron chi connectivity index (χ3n) is 2.24. The molecular weight excluding hydrogens is 162 g/mol. The first-order valence-corrected chi connectivity index (χ1v) is 4.76. The van der Waals surface area contributed by atoms with Crippen LogP contribution in [0.25, 0.3) is 0 Å². The molecule has 0 aliphatic heterocycles. The Labute approximate surface area is 79.8 Å². The van der Waals surface area contributed by atoms with Gasteiger partial charge in [-0.15, -0.1) is 0 Å². The Morgan fingerprint density at radius 2 is 1.62 bits per heavy atom. The van der Waals surface area contributed by atoms with E-state index in [-0.39, 0.29) is 0 Å². The molecule has 0 saturated heterocycles. The topological polar surface area (TPSA) is 23.5 Å². The highest BCUT2D eigenvalue weighted by Crippen LogP contribution is 2.11. The molecule has 0 spiro atoms. The van der Waals surface area contributed by atoms with E-state index in [0.29, 0.717) is 5.75 Å². The van der Waals surface area contributed by atoms with E-state index in [1.165, 1.54) is 5.56 Å². The first-order valence-electron chi connectivity index (χ1n) is 4.76. The summed E-state index contributed by atoms with van der Waals surface area (Å²) in [7, 11) is 0. The summed E-state index contributed by atoms with van der Waals surface area (Å²) in [6.07, 6.45) is 0. The maximum absolute atomic E-state index is 9.09. The molecule has 0 aromatic heterocycles. The lowest BCUT2D eigenvalue weighted by Gasteiger charge is -2.17. The third kappa shape index (κ3) is 3.07. The van der Waals surface area contributed by atoms with Crippen LogP contribution in [0.5, 0.6) is 5.75 Å². The molecule has 72 valence electrons. The van der Waals surface area contributed by atoms with Crippen LogP contribution in [0, 0.1) is 0 Å². The van der Waals surface area contributed by atoms with Crippen molar-refractivity contribution in [1.82, 2.24) is 4.90 Å². The third-order valence-corrected chi connectivity index (χ3v) is 2.24. The Hall–Kier alpha value is -1.02. The average molecular weight is 179 g/mol. The molecular formula is C11H17NO. The van der Waals surface area contributed by atoms with Gasteiger partial charge in [0.05, 0.1) is 0 Å². The van der Waals surface area contributed by atoms with Crippen molar-refractivity contribution in [1.29, 1.82) is 0 Å².